The number of nitrogens with one attached hydrogen (secondary N) is 1. The molecule has 16 heavy (non-hydrogen) atoms. The number of carbonyl (C=O) groups is 1. The molecule has 2 rings (SSSR count). The molecule has 1 fully saturated rings. The molecule has 1 aliphatic rings. The van der Waals surface area contributed by atoms with E-state index in [0.717, 1.165) is 31.6 Å². The predicted molar refractivity (Wildman–Crippen MR) is 64.3 cm³/mol. The minimum atomic E-state index is 0.151. The summed E-state index contributed by atoms with van der Waals surface area (Å²) in [5, 5.41) is 5.23. The molecule has 1 N–H and O–H groups in total. The van der Waals surface area contributed by atoms with Crippen molar-refractivity contribution in [2.24, 2.45) is 0 Å². The van der Waals surface area contributed by atoms with Crippen molar-refractivity contribution in [1.29, 1.82) is 0 Å². The van der Waals surface area contributed by atoms with Gasteiger partial charge in [-0.2, -0.15) is 0 Å². The van der Waals surface area contributed by atoms with E-state index in [-0.39, 0.29) is 11.9 Å². The average molecular weight is 239 g/mol. The van der Waals surface area contributed by atoms with Crippen molar-refractivity contribution < 1.29 is 4.79 Å². The lowest BCUT2D eigenvalue weighted by Gasteiger charge is -2.17. The maximum Gasteiger partial charge on any atom is 0.236 e. The first-order valence-electron chi connectivity index (χ1n) is 5.66. The molecule has 0 saturated carbocycles. The summed E-state index contributed by atoms with van der Waals surface area (Å²) in [6.45, 7) is 4.29. The Kier molecular flexibility index (Phi) is 3.90. The molecule has 0 bridgehead atoms. The molecule has 0 aromatic carbocycles. The first kappa shape index (κ1) is 11.5. The van der Waals surface area contributed by atoms with Gasteiger partial charge in [-0.05, 0) is 19.8 Å². The summed E-state index contributed by atoms with van der Waals surface area (Å²) in [5.74, 6) is 0.208. The normalized spacial score (nSPS) is 17.7. The number of likely N-dealkylation sites (tertiary alicyclic amines) is 1. The number of rotatable bonds is 4. The van der Waals surface area contributed by atoms with Crippen LogP contribution in [0.4, 0.5) is 0 Å². The standard InChI is InChI=1S/C11H17N3OS/c1-9(10-7-16-8-13-10)12-6-11(15)14-4-2-3-5-14/h7-9,12H,2-6H2,1H3. The Morgan fingerprint density at radius 2 is 2.38 bits per heavy atom. The smallest absolute Gasteiger partial charge is 0.236 e. The molecule has 1 unspecified atom stereocenters. The molecule has 1 aliphatic heterocycles. The fraction of sp³-hybridized carbons (Fsp3) is 0.636. The average Bonchev–Trinajstić information content (AvgIpc) is 2.95. The Morgan fingerprint density at radius 3 is 3.00 bits per heavy atom. The molecule has 0 spiro atoms. The maximum absolute atomic E-state index is 11.8. The molecule has 1 amide bonds. The van der Waals surface area contributed by atoms with Crippen LogP contribution >= 0.6 is 11.3 Å². The molecule has 0 radical (unpaired) electrons. The van der Waals surface area contributed by atoms with Gasteiger partial charge in [-0.15, -0.1) is 11.3 Å². The second-order valence-electron chi connectivity index (χ2n) is 4.10. The highest BCUT2D eigenvalue weighted by molar-refractivity contribution is 7.07. The van der Waals surface area contributed by atoms with E-state index in [1.54, 1.807) is 11.3 Å². The van der Waals surface area contributed by atoms with Gasteiger partial charge in [-0.3, -0.25) is 4.79 Å². The monoisotopic (exact) mass is 239 g/mol. The third kappa shape index (κ3) is 2.80. The Bertz CT molecular complexity index is 333. The molecule has 1 atom stereocenters. The molecule has 88 valence electrons. The Labute approximate surface area is 99.7 Å². The summed E-state index contributed by atoms with van der Waals surface area (Å²) in [4.78, 5) is 17.9. The number of hydrogen-bond acceptors (Lipinski definition) is 4. The number of nitrogens with zero attached hydrogens (tertiary/aromatic N) is 2. The molecule has 1 aromatic rings. The van der Waals surface area contributed by atoms with Crippen LogP contribution in [0.3, 0.4) is 0 Å². The predicted octanol–water partition coefficient (Wildman–Crippen LogP) is 1.42. The van der Waals surface area contributed by atoms with Crippen molar-refractivity contribution in [1.82, 2.24) is 15.2 Å². The van der Waals surface area contributed by atoms with Gasteiger partial charge in [0, 0.05) is 24.5 Å². The number of aromatic nitrogens is 1. The number of amides is 1. The second-order valence-corrected chi connectivity index (χ2v) is 4.82. The van der Waals surface area contributed by atoms with Gasteiger partial charge in [0.15, 0.2) is 0 Å². The number of hydrogen-bond donors (Lipinski definition) is 1. The second kappa shape index (κ2) is 5.41. The molecule has 5 heteroatoms. The topological polar surface area (TPSA) is 45.2 Å². The van der Waals surface area contributed by atoms with Crippen LogP contribution in [-0.4, -0.2) is 35.4 Å². The van der Waals surface area contributed by atoms with E-state index in [2.05, 4.69) is 10.3 Å². The summed E-state index contributed by atoms with van der Waals surface area (Å²) >= 11 is 1.58. The Morgan fingerprint density at radius 1 is 1.62 bits per heavy atom. The van der Waals surface area contributed by atoms with Gasteiger partial charge in [-0.25, -0.2) is 4.98 Å². The SMILES string of the molecule is CC(NCC(=O)N1CCCC1)c1cscn1. The third-order valence-corrected chi connectivity index (χ3v) is 3.52. The van der Waals surface area contributed by atoms with Crippen LogP contribution in [0.15, 0.2) is 10.9 Å². The lowest BCUT2D eigenvalue weighted by atomic mass is 10.2. The molecule has 0 aliphatic carbocycles. The highest BCUT2D eigenvalue weighted by Gasteiger charge is 2.18. The number of thiazole rings is 1. The first-order valence-corrected chi connectivity index (χ1v) is 6.61. The van der Waals surface area contributed by atoms with Crippen LogP contribution in [0.5, 0.6) is 0 Å². The summed E-state index contributed by atoms with van der Waals surface area (Å²) in [5.41, 5.74) is 2.83. The molecule has 1 saturated heterocycles. The molecule has 1 aromatic heterocycles. The largest absolute Gasteiger partial charge is 0.342 e. The van der Waals surface area contributed by atoms with Crippen LogP contribution in [0.1, 0.15) is 31.5 Å². The highest BCUT2D eigenvalue weighted by atomic mass is 32.1. The van der Waals surface area contributed by atoms with Crippen molar-refractivity contribution in [3.63, 3.8) is 0 Å². The van der Waals surface area contributed by atoms with Gasteiger partial charge in [0.05, 0.1) is 17.7 Å². The van der Waals surface area contributed by atoms with Gasteiger partial charge >= 0.3 is 0 Å². The van der Waals surface area contributed by atoms with E-state index in [1.165, 1.54) is 0 Å². The fourth-order valence-electron chi connectivity index (χ4n) is 1.86. The minimum Gasteiger partial charge on any atom is -0.342 e. The van der Waals surface area contributed by atoms with E-state index in [0.29, 0.717) is 6.54 Å². The van der Waals surface area contributed by atoms with E-state index < -0.39 is 0 Å². The lowest BCUT2D eigenvalue weighted by molar-refractivity contribution is -0.129. The van der Waals surface area contributed by atoms with E-state index in [4.69, 9.17) is 0 Å². The van der Waals surface area contributed by atoms with Crippen LogP contribution in [0.25, 0.3) is 0 Å². The first-order chi connectivity index (χ1) is 7.77. The summed E-state index contributed by atoms with van der Waals surface area (Å²) in [6, 6.07) is 0.151. The van der Waals surface area contributed by atoms with Gasteiger partial charge < -0.3 is 10.2 Å². The Balaban J connectivity index is 1.76. The summed E-state index contributed by atoms with van der Waals surface area (Å²) in [6.07, 6.45) is 2.29. The zero-order chi connectivity index (χ0) is 11.4. The highest BCUT2D eigenvalue weighted by Crippen LogP contribution is 2.12. The molecular weight excluding hydrogens is 222 g/mol. The molecular formula is C11H17N3OS. The molecule has 4 nitrogen and oxygen atoms in total. The summed E-state index contributed by atoms with van der Waals surface area (Å²) < 4.78 is 0. The molecule has 2 heterocycles. The summed E-state index contributed by atoms with van der Waals surface area (Å²) in [7, 11) is 0. The maximum atomic E-state index is 11.8. The van der Waals surface area contributed by atoms with E-state index >= 15 is 0 Å². The lowest BCUT2D eigenvalue weighted by Crippen LogP contribution is -2.37. The van der Waals surface area contributed by atoms with Gasteiger partial charge in [0.1, 0.15) is 0 Å². The van der Waals surface area contributed by atoms with Gasteiger partial charge in [0.25, 0.3) is 0 Å². The van der Waals surface area contributed by atoms with E-state index in [9.17, 15) is 4.79 Å². The minimum absolute atomic E-state index is 0.151. The van der Waals surface area contributed by atoms with Crippen molar-refractivity contribution in [3.8, 4) is 0 Å². The zero-order valence-corrected chi connectivity index (χ0v) is 10.3. The Hall–Kier alpha value is -0.940. The zero-order valence-electron chi connectivity index (χ0n) is 9.48. The van der Waals surface area contributed by atoms with Crippen molar-refractivity contribution in [2.75, 3.05) is 19.6 Å². The van der Waals surface area contributed by atoms with Crippen molar-refractivity contribution >= 4 is 17.2 Å². The fourth-order valence-corrected chi connectivity index (χ4v) is 2.51. The quantitative estimate of drug-likeness (QED) is 0.864. The van der Waals surface area contributed by atoms with Crippen LogP contribution in [0.2, 0.25) is 0 Å². The third-order valence-electron chi connectivity index (χ3n) is 2.91. The van der Waals surface area contributed by atoms with Gasteiger partial charge in [-0.1, -0.05) is 0 Å². The van der Waals surface area contributed by atoms with Gasteiger partial charge in [0.2, 0.25) is 5.91 Å². The van der Waals surface area contributed by atoms with Crippen molar-refractivity contribution in [2.45, 2.75) is 25.8 Å². The van der Waals surface area contributed by atoms with Crippen LogP contribution in [-0.2, 0) is 4.79 Å². The van der Waals surface area contributed by atoms with Crippen LogP contribution < -0.4 is 5.32 Å². The van der Waals surface area contributed by atoms with E-state index in [1.807, 2.05) is 22.7 Å². The van der Waals surface area contributed by atoms with Crippen molar-refractivity contribution in [3.05, 3.63) is 16.6 Å². The van der Waals surface area contributed by atoms with Crippen LogP contribution in [0, 0.1) is 0 Å². The number of carbonyl (C=O) groups excluding carboxylic acids is 1.